The van der Waals surface area contributed by atoms with Crippen LogP contribution < -0.4 is 0 Å². The average Bonchev–Trinajstić information content (AvgIpc) is 3.02. The molecule has 1 heterocycles. The van der Waals surface area contributed by atoms with Gasteiger partial charge in [-0.3, -0.25) is 0 Å². The Morgan fingerprint density at radius 1 is 0.538 bits per heavy atom. The van der Waals surface area contributed by atoms with Crippen molar-refractivity contribution in [3.05, 3.63) is 103 Å². The number of aromatic nitrogens is 1. The van der Waals surface area contributed by atoms with Gasteiger partial charge < -0.3 is 4.57 Å². The highest BCUT2D eigenvalue weighted by Gasteiger charge is 2.12. The van der Waals surface area contributed by atoms with Crippen molar-refractivity contribution >= 4 is 21.8 Å². The number of benzene rings is 4. The molecule has 0 unspecified atom stereocenters. The molecule has 0 N–H and O–H groups in total. The van der Waals surface area contributed by atoms with Crippen LogP contribution in [0.5, 0.6) is 0 Å². The zero-order chi connectivity index (χ0) is 17.5. The monoisotopic (exact) mass is 333 g/mol. The van der Waals surface area contributed by atoms with Crippen LogP contribution in [0.1, 0.15) is 5.56 Å². The van der Waals surface area contributed by atoms with Gasteiger partial charge in [-0.15, -0.1) is 0 Å². The first-order valence-electron chi connectivity index (χ1n) is 8.97. The highest BCUT2D eigenvalue weighted by atomic mass is 15.0. The molecule has 124 valence electrons. The van der Waals surface area contributed by atoms with E-state index in [1.165, 1.54) is 44.2 Å². The Bertz CT molecular complexity index is 1230. The molecular weight excluding hydrogens is 314 g/mol. The van der Waals surface area contributed by atoms with E-state index in [0.717, 1.165) is 0 Å². The predicted octanol–water partition coefficient (Wildman–Crippen LogP) is 6.76. The van der Waals surface area contributed by atoms with E-state index in [2.05, 4.69) is 109 Å². The minimum Gasteiger partial charge on any atom is -0.309 e. The molecule has 0 radical (unpaired) electrons. The van der Waals surface area contributed by atoms with Gasteiger partial charge in [-0.05, 0) is 48.4 Å². The molecule has 0 amide bonds. The fourth-order valence-corrected chi connectivity index (χ4v) is 3.83. The standard InChI is InChI=1S/C25H19N/c1-18-8-7-9-19(16-18)20-14-15-25-23(17-20)22-12-5-6-13-24(22)26(25)21-10-3-2-4-11-21/h2-17H,1H3. The molecule has 0 aliphatic carbocycles. The minimum absolute atomic E-state index is 1.20. The third-order valence-corrected chi connectivity index (χ3v) is 5.04. The van der Waals surface area contributed by atoms with Crippen LogP contribution in [0, 0.1) is 6.92 Å². The number of nitrogens with zero attached hydrogens (tertiary/aromatic N) is 1. The number of fused-ring (bicyclic) bond motifs is 3. The van der Waals surface area contributed by atoms with E-state index in [-0.39, 0.29) is 0 Å². The second-order valence-electron chi connectivity index (χ2n) is 6.79. The summed E-state index contributed by atoms with van der Waals surface area (Å²) in [6.07, 6.45) is 0. The van der Waals surface area contributed by atoms with Gasteiger partial charge in [0.25, 0.3) is 0 Å². The Kier molecular flexibility index (Phi) is 3.39. The fourth-order valence-electron chi connectivity index (χ4n) is 3.83. The number of rotatable bonds is 2. The summed E-state index contributed by atoms with van der Waals surface area (Å²) in [7, 11) is 0. The SMILES string of the molecule is Cc1cccc(-c2ccc3c(c2)c2ccccc2n3-c2ccccc2)c1. The molecule has 0 aliphatic rings. The summed E-state index contributed by atoms with van der Waals surface area (Å²) in [6.45, 7) is 2.14. The van der Waals surface area contributed by atoms with Gasteiger partial charge in [0.15, 0.2) is 0 Å². The molecule has 5 aromatic rings. The van der Waals surface area contributed by atoms with Gasteiger partial charge in [-0.25, -0.2) is 0 Å². The number of hydrogen-bond donors (Lipinski definition) is 0. The van der Waals surface area contributed by atoms with E-state index in [4.69, 9.17) is 0 Å². The van der Waals surface area contributed by atoms with Crippen molar-refractivity contribution in [2.75, 3.05) is 0 Å². The molecular formula is C25H19N. The van der Waals surface area contributed by atoms with Crippen molar-refractivity contribution in [1.29, 1.82) is 0 Å². The second-order valence-corrected chi connectivity index (χ2v) is 6.79. The maximum atomic E-state index is 2.35. The molecule has 1 heteroatoms. The third-order valence-electron chi connectivity index (χ3n) is 5.04. The number of para-hydroxylation sites is 2. The second kappa shape index (κ2) is 5.89. The maximum Gasteiger partial charge on any atom is 0.0541 e. The highest BCUT2D eigenvalue weighted by Crippen LogP contribution is 2.34. The summed E-state index contributed by atoms with van der Waals surface area (Å²) in [5, 5.41) is 2.59. The Morgan fingerprint density at radius 3 is 2.12 bits per heavy atom. The molecule has 4 aromatic carbocycles. The van der Waals surface area contributed by atoms with E-state index >= 15 is 0 Å². The fraction of sp³-hybridized carbons (Fsp3) is 0.0400. The lowest BCUT2D eigenvalue weighted by Gasteiger charge is -2.08. The van der Waals surface area contributed by atoms with Gasteiger partial charge in [0.1, 0.15) is 0 Å². The smallest absolute Gasteiger partial charge is 0.0541 e. The van der Waals surface area contributed by atoms with Crippen molar-refractivity contribution in [3.63, 3.8) is 0 Å². The average molecular weight is 333 g/mol. The van der Waals surface area contributed by atoms with Crippen molar-refractivity contribution < 1.29 is 0 Å². The van der Waals surface area contributed by atoms with Crippen molar-refractivity contribution in [3.8, 4) is 16.8 Å². The molecule has 26 heavy (non-hydrogen) atoms. The van der Waals surface area contributed by atoms with Crippen molar-refractivity contribution in [1.82, 2.24) is 4.57 Å². The van der Waals surface area contributed by atoms with E-state index in [1.807, 2.05) is 0 Å². The molecule has 1 aromatic heterocycles. The topological polar surface area (TPSA) is 4.93 Å². The Labute approximate surface area is 153 Å². The van der Waals surface area contributed by atoms with E-state index in [9.17, 15) is 0 Å². The molecule has 5 rings (SSSR count). The van der Waals surface area contributed by atoms with Gasteiger partial charge in [0.05, 0.1) is 11.0 Å². The quantitative estimate of drug-likeness (QED) is 0.336. The molecule has 0 saturated carbocycles. The summed E-state index contributed by atoms with van der Waals surface area (Å²) >= 11 is 0. The molecule has 0 bridgehead atoms. The summed E-state index contributed by atoms with van der Waals surface area (Å²) in [5.74, 6) is 0. The van der Waals surface area contributed by atoms with Gasteiger partial charge in [-0.2, -0.15) is 0 Å². The summed E-state index contributed by atoms with van der Waals surface area (Å²) in [5.41, 5.74) is 7.50. The normalized spacial score (nSPS) is 11.3. The highest BCUT2D eigenvalue weighted by molar-refractivity contribution is 6.10. The Hall–Kier alpha value is -3.32. The van der Waals surface area contributed by atoms with Gasteiger partial charge >= 0.3 is 0 Å². The predicted molar refractivity (Wildman–Crippen MR) is 111 cm³/mol. The molecule has 0 fully saturated rings. The van der Waals surface area contributed by atoms with Crippen LogP contribution in [0.25, 0.3) is 38.6 Å². The Morgan fingerprint density at radius 2 is 1.27 bits per heavy atom. The van der Waals surface area contributed by atoms with Crippen LogP contribution in [0.15, 0.2) is 97.1 Å². The molecule has 0 saturated heterocycles. The van der Waals surface area contributed by atoms with E-state index in [1.54, 1.807) is 0 Å². The van der Waals surface area contributed by atoms with Gasteiger partial charge in [-0.1, -0.05) is 72.3 Å². The summed E-state index contributed by atoms with van der Waals surface area (Å²) in [4.78, 5) is 0. The first-order valence-corrected chi connectivity index (χ1v) is 8.97. The number of hydrogen-bond acceptors (Lipinski definition) is 0. The first kappa shape index (κ1) is 15.0. The molecule has 1 nitrogen and oxygen atoms in total. The summed E-state index contributed by atoms with van der Waals surface area (Å²) in [6, 6.07) is 34.8. The van der Waals surface area contributed by atoms with Crippen LogP contribution in [-0.4, -0.2) is 4.57 Å². The van der Waals surface area contributed by atoms with Crippen LogP contribution in [0.4, 0.5) is 0 Å². The van der Waals surface area contributed by atoms with Crippen LogP contribution in [0.2, 0.25) is 0 Å². The minimum atomic E-state index is 1.20. The van der Waals surface area contributed by atoms with E-state index in [0.29, 0.717) is 0 Å². The Balaban J connectivity index is 1.84. The van der Waals surface area contributed by atoms with Gasteiger partial charge in [0, 0.05) is 16.5 Å². The van der Waals surface area contributed by atoms with Crippen molar-refractivity contribution in [2.24, 2.45) is 0 Å². The third kappa shape index (κ3) is 2.33. The zero-order valence-corrected chi connectivity index (χ0v) is 14.7. The zero-order valence-electron chi connectivity index (χ0n) is 14.7. The number of aryl methyl sites for hydroxylation is 1. The van der Waals surface area contributed by atoms with Crippen LogP contribution in [0.3, 0.4) is 0 Å². The van der Waals surface area contributed by atoms with Gasteiger partial charge in [0.2, 0.25) is 0 Å². The first-order chi connectivity index (χ1) is 12.8. The maximum absolute atomic E-state index is 2.35. The molecule has 0 aliphatic heterocycles. The van der Waals surface area contributed by atoms with Crippen LogP contribution >= 0.6 is 0 Å². The lowest BCUT2D eigenvalue weighted by atomic mass is 10.0. The lowest BCUT2D eigenvalue weighted by molar-refractivity contribution is 1.18. The van der Waals surface area contributed by atoms with E-state index < -0.39 is 0 Å². The lowest BCUT2D eigenvalue weighted by Crippen LogP contribution is -1.92. The summed E-state index contributed by atoms with van der Waals surface area (Å²) < 4.78 is 2.35. The molecule has 0 atom stereocenters. The molecule has 0 spiro atoms. The van der Waals surface area contributed by atoms with Crippen molar-refractivity contribution in [2.45, 2.75) is 6.92 Å². The largest absolute Gasteiger partial charge is 0.309 e. The van der Waals surface area contributed by atoms with Crippen LogP contribution in [-0.2, 0) is 0 Å².